The molecule has 1 aromatic carbocycles. The van der Waals surface area contributed by atoms with Crippen LogP contribution in [0.5, 0.6) is 5.75 Å². The molecule has 6 rings (SSSR count). The molecule has 0 bridgehead atoms. The first-order valence-corrected chi connectivity index (χ1v) is 12.0. The number of likely N-dealkylation sites (tertiary alicyclic amines) is 1. The number of thiophene rings is 1. The van der Waals surface area contributed by atoms with Crippen molar-refractivity contribution >= 4 is 17.0 Å². The Hall–Kier alpha value is -2.28. The summed E-state index contributed by atoms with van der Waals surface area (Å²) in [6.45, 7) is 6.19. The molecule has 0 saturated carbocycles. The standard InChI is InChI=1S/C25H29N3O2S/c1-18-7-13-31-22(18)15-27-11-8-24(9-12-27)16-25(17-30-24)23-4-3-10-28(23)21-6-5-19(29-2)14-20(21)26-25/h3-7,10,13-14,26H,8-9,11-12,15-17H2,1-2H3/t25-/m0/s1. The highest BCUT2D eigenvalue weighted by Crippen LogP contribution is 2.50. The minimum Gasteiger partial charge on any atom is -0.497 e. The van der Waals surface area contributed by atoms with Gasteiger partial charge in [0.05, 0.1) is 36.4 Å². The maximum absolute atomic E-state index is 6.65. The number of aromatic nitrogens is 1. The number of aryl methyl sites for hydroxylation is 1. The van der Waals surface area contributed by atoms with Crippen molar-refractivity contribution in [2.24, 2.45) is 0 Å². The van der Waals surface area contributed by atoms with Crippen LogP contribution in [0.4, 0.5) is 5.69 Å². The molecule has 5 heterocycles. The summed E-state index contributed by atoms with van der Waals surface area (Å²) in [6, 6.07) is 12.9. The SMILES string of the molecule is COc1ccc2c(c1)N[C@@]1(COC3(CCN(Cc4sccc4C)CC3)C1)c1cccn1-2. The van der Waals surface area contributed by atoms with Crippen molar-refractivity contribution < 1.29 is 9.47 Å². The fraction of sp³-hybridized carbons (Fsp3) is 0.440. The molecule has 3 aliphatic rings. The van der Waals surface area contributed by atoms with Crippen molar-refractivity contribution in [3.8, 4) is 11.4 Å². The summed E-state index contributed by atoms with van der Waals surface area (Å²) in [5.41, 5.74) is 4.79. The third-order valence-electron chi connectivity index (χ3n) is 7.43. The lowest BCUT2D eigenvalue weighted by Crippen LogP contribution is -2.46. The zero-order chi connectivity index (χ0) is 21.1. The summed E-state index contributed by atoms with van der Waals surface area (Å²) in [4.78, 5) is 4.09. The molecule has 1 atom stereocenters. The van der Waals surface area contributed by atoms with E-state index in [1.165, 1.54) is 21.8 Å². The molecular weight excluding hydrogens is 406 g/mol. The molecule has 1 N–H and O–H groups in total. The predicted octanol–water partition coefficient (Wildman–Crippen LogP) is 4.93. The van der Waals surface area contributed by atoms with Gasteiger partial charge in [0.1, 0.15) is 11.3 Å². The van der Waals surface area contributed by atoms with Gasteiger partial charge in [0, 0.05) is 43.2 Å². The van der Waals surface area contributed by atoms with Crippen molar-refractivity contribution in [1.82, 2.24) is 9.47 Å². The van der Waals surface area contributed by atoms with Crippen LogP contribution in [0.1, 0.15) is 35.4 Å². The van der Waals surface area contributed by atoms with Gasteiger partial charge in [-0.2, -0.15) is 0 Å². The van der Waals surface area contributed by atoms with E-state index in [4.69, 9.17) is 9.47 Å². The Bertz CT molecular complexity index is 1110. The summed E-state index contributed by atoms with van der Waals surface area (Å²) in [5.74, 6) is 0.878. The number of hydrogen-bond donors (Lipinski definition) is 1. The Morgan fingerprint density at radius 2 is 2.06 bits per heavy atom. The first-order valence-electron chi connectivity index (χ1n) is 11.1. The highest BCUT2D eigenvalue weighted by Gasteiger charge is 2.53. The largest absolute Gasteiger partial charge is 0.497 e. The second kappa shape index (κ2) is 7.12. The van der Waals surface area contributed by atoms with Gasteiger partial charge in [-0.3, -0.25) is 4.90 Å². The Morgan fingerprint density at radius 3 is 2.84 bits per heavy atom. The van der Waals surface area contributed by atoms with Crippen LogP contribution in [0.2, 0.25) is 0 Å². The molecule has 2 saturated heterocycles. The lowest BCUT2D eigenvalue weighted by molar-refractivity contribution is -0.0450. The third-order valence-corrected chi connectivity index (χ3v) is 8.44. The minimum absolute atomic E-state index is 0.0422. The number of hydrogen-bond acceptors (Lipinski definition) is 5. The number of anilines is 1. The zero-order valence-corrected chi connectivity index (χ0v) is 19.0. The minimum atomic E-state index is -0.185. The van der Waals surface area contributed by atoms with Gasteiger partial charge in [-0.1, -0.05) is 0 Å². The van der Waals surface area contributed by atoms with Crippen LogP contribution in [0.3, 0.4) is 0 Å². The molecule has 2 spiro atoms. The topological polar surface area (TPSA) is 38.7 Å². The molecule has 2 fully saturated rings. The fourth-order valence-corrected chi connectivity index (χ4v) is 6.58. The van der Waals surface area contributed by atoms with Crippen molar-refractivity contribution in [3.63, 3.8) is 0 Å². The Kier molecular flexibility index (Phi) is 4.46. The number of nitrogens with zero attached hydrogens (tertiary/aromatic N) is 2. The van der Waals surface area contributed by atoms with E-state index >= 15 is 0 Å². The van der Waals surface area contributed by atoms with Crippen molar-refractivity contribution in [2.45, 2.75) is 43.9 Å². The molecule has 0 aliphatic carbocycles. The summed E-state index contributed by atoms with van der Waals surface area (Å²) < 4.78 is 14.5. The van der Waals surface area contributed by atoms with Gasteiger partial charge in [0.15, 0.2) is 0 Å². The zero-order valence-electron chi connectivity index (χ0n) is 18.2. The van der Waals surface area contributed by atoms with E-state index in [1.807, 2.05) is 17.4 Å². The second-order valence-electron chi connectivity index (χ2n) is 9.31. The molecule has 3 aromatic rings. The molecule has 6 heteroatoms. The van der Waals surface area contributed by atoms with Crippen LogP contribution in [-0.4, -0.2) is 41.9 Å². The number of nitrogens with one attached hydrogen (secondary N) is 1. The van der Waals surface area contributed by atoms with Gasteiger partial charge in [-0.25, -0.2) is 0 Å². The average Bonchev–Trinajstić information content (AvgIpc) is 3.51. The molecule has 0 radical (unpaired) electrons. The van der Waals surface area contributed by atoms with E-state index in [9.17, 15) is 0 Å². The van der Waals surface area contributed by atoms with Crippen molar-refractivity contribution in [3.05, 3.63) is 64.1 Å². The van der Waals surface area contributed by atoms with E-state index < -0.39 is 0 Å². The second-order valence-corrected chi connectivity index (χ2v) is 10.3. The van der Waals surface area contributed by atoms with Crippen LogP contribution in [0.15, 0.2) is 48.0 Å². The molecule has 5 nitrogen and oxygen atoms in total. The normalized spacial score (nSPS) is 24.2. The van der Waals surface area contributed by atoms with Gasteiger partial charge in [-0.05, 0) is 61.0 Å². The monoisotopic (exact) mass is 435 g/mol. The van der Waals surface area contributed by atoms with E-state index in [0.29, 0.717) is 6.61 Å². The first-order chi connectivity index (χ1) is 15.1. The summed E-state index contributed by atoms with van der Waals surface area (Å²) in [7, 11) is 1.72. The maximum Gasteiger partial charge on any atom is 0.121 e. The smallest absolute Gasteiger partial charge is 0.121 e. The van der Waals surface area contributed by atoms with E-state index in [1.54, 1.807) is 7.11 Å². The number of methoxy groups -OCH3 is 1. The molecule has 0 amide bonds. The highest BCUT2D eigenvalue weighted by atomic mass is 32.1. The summed E-state index contributed by atoms with van der Waals surface area (Å²) >= 11 is 1.88. The Labute approximate surface area is 187 Å². The van der Waals surface area contributed by atoms with Crippen LogP contribution < -0.4 is 10.1 Å². The summed E-state index contributed by atoms with van der Waals surface area (Å²) in [5, 5.41) is 6.08. The van der Waals surface area contributed by atoms with Crippen molar-refractivity contribution in [1.29, 1.82) is 0 Å². The fourth-order valence-electron chi connectivity index (χ4n) is 5.64. The van der Waals surface area contributed by atoms with E-state index in [0.717, 1.165) is 50.3 Å². The molecule has 2 aromatic heterocycles. The first kappa shape index (κ1) is 19.4. The number of piperidine rings is 1. The number of rotatable bonds is 3. The van der Waals surface area contributed by atoms with Crippen LogP contribution in [0, 0.1) is 6.92 Å². The lowest BCUT2D eigenvalue weighted by Gasteiger charge is -2.41. The number of benzene rings is 1. The third kappa shape index (κ3) is 3.12. The van der Waals surface area contributed by atoms with Gasteiger partial charge >= 0.3 is 0 Å². The number of fused-ring (bicyclic) bond motifs is 4. The lowest BCUT2D eigenvalue weighted by atomic mass is 9.79. The quantitative estimate of drug-likeness (QED) is 0.633. The molecule has 0 unspecified atom stereocenters. The van der Waals surface area contributed by atoms with Gasteiger partial charge in [0.25, 0.3) is 0 Å². The molecule has 31 heavy (non-hydrogen) atoms. The molecule has 162 valence electrons. The van der Waals surface area contributed by atoms with Crippen LogP contribution in [-0.2, 0) is 16.8 Å². The summed E-state index contributed by atoms with van der Waals surface area (Å²) in [6.07, 6.45) is 5.35. The van der Waals surface area contributed by atoms with E-state index in [2.05, 4.69) is 63.6 Å². The molecule has 3 aliphatic heterocycles. The van der Waals surface area contributed by atoms with Crippen LogP contribution in [0.25, 0.3) is 5.69 Å². The van der Waals surface area contributed by atoms with Crippen LogP contribution >= 0.6 is 11.3 Å². The van der Waals surface area contributed by atoms with E-state index in [-0.39, 0.29) is 11.1 Å². The predicted molar refractivity (Wildman–Crippen MR) is 124 cm³/mol. The van der Waals surface area contributed by atoms with Gasteiger partial charge in [-0.15, -0.1) is 11.3 Å². The Morgan fingerprint density at radius 1 is 1.19 bits per heavy atom. The maximum atomic E-state index is 6.65. The Balaban J connectivity index is 1.23. The van der Waals surface area contributed by atoms with Gasteiger partial charge in [0.2, 0.25) is 0 Å². The van der Waals surface area contributed by atoms with Crippen molar-refractivity contribution in [2.75, 3.05) is 32.1 Å². The van der Waals surface area contributed by atoms with Gasteiger partial charge < -0.3 is 19.4 Å². The molecular formula is C25H29N3O2S. The highest BCUT2D eigenvalue weighted by molar-refractivity contribution is 7.10. The number of ether oxygens (including phenoxy) is 2. The average molecular weight is 436 g/mol.